The molecule has 0 atom stereocenters. The van der Waals surface area contributed by atoms with Gasteiger partial charge in [-0.2, -0.15) is 0 Å². The highest BCUT2D eigenvalue weighted by atomic mass is 32.1. The van der Waals surface area contributed by atoms with Crippen molar-refractivity contribution in [1.29, 1.82) is 0 Å². The molecule has 0 spiro atoms. The molecular formula is C23H35N5S. The van der Waals surface area contributed by atoms with Crippen LogP contribution in [0, 0.1) is 6.92 Å². The zero-order valence-corrected chi connectivity index (χ0v) is 18.9. The van der Waals surface area contributed by atoms with Gasteiger partial charge in [-0.05, 0) is 44.2 Å². The van der Waals surface area contributed by atoms with Gasteiger partial charge in [0.25, 0.3) is 0 Å². The van der Waals surface area contributed by atoms with Crippen molar-refractivity contribution < 1.29 is 0 Å². The molecular weight excluding hydrogens is 378 g/mol. The van der Waals surface area contributed by atoms with Crippen LogP contribution in [0.5, 0.6) is 0 Å². The van der Waals surface area contributed by atoms with Crippen LogP contribution in [0.4, 0.5) is 0 Å². The normalized spacial score (nSPS) is 16.2. The summed E-state index contributed by atoms with van der Waals surface area (Å²) in [6.45, 7) is 11.5. The third-order valence-electron chi connectivity index (χ3n) is 5.47. The molecule has 1 aliphatic rings. The van der Waals surface area contributed by atoms with Gasteiger partial charge in [-0.15, -0.1) is 11.3 Å². The van der Waals surface area contributed by atoms with Crippen molar-refractivity contribution in [2.75, 3.05) is 26.2 Å². The minimum Gasteiger partial charge on any atom is -0.357 e. The molecule has 29 heavy (non-hydrogen) atoms. The first-order chi connectivity index (χ1) is 14.2. The zero-order chi connectivity index (χ0) is 20.5. The van der Waals surface area contributed by atoms with Gasteiger partial charge in [0.2, 0.25) is 0 Å². The Morgan fingerprint density at radius 2 is 2.03 bits per heavy atom. The summed E-state index contributed by atoms with van der Waals surface area (Å²) in [6.07, 6.45) is 6.28. The summed E-state index contributed by atoms with van der Waals surface area (Å²) in [6, 6.07) is 9.21. The quantitative estimate of drug-likeness (QED) is 0.511. The Morgan fingerprint density at radius 3 is 2.72 bits per heavy atom. The maximum absolute atomic E-state index is 4.78. The molecule has 0 amide bonds. The Kier molecular flexibility index (Phi) is 8.50. The molecule has 1 aromatic heterocycles. The molecule has 3 rings (SSSR count). The standard InChI is InChI=1S/C23H35N5S/c1-4-21-16-26-22(29-21)10-13-25-23(24-5-2)27-20-11-14-28(15-12-20)17-19-9-7-6-8-18(19)3/h6-9,16,20H,4-5,10-15,17H2,1-3H3,(H2,24,25,27). The first-order valence-corrected chi connectivity index (χ1v) is 11.7. The molecule has 2 aromatic rings. The summed E-state index contributed by atoms with van der Waals surface area (Å²) in [5.74, 6) is 0.942. The lowest BCUT2D eigenvalue weighted by Gasteiger charge is -2.33. The molecule has 0 saturated carbocycles. The van der Waals surface area contributed by atoms with Gasteiger partial charge >= 0.3 is 0 Å². The topological polar surface area (TPSA) is 52.6 Å². The molecule has 5 nitrogen and oxygen atoms in total. The largest absolute Gasteiger partial charge is 0.357 e. The molecule has 1 aromatic carbocycles. The highest BCUT2D eigenvalue weighted by Crippen LogP contribution is 2.16. The monoisotopic (exact) mass is 413 g/mol. The predicted octanol–water partition coefficient (Wildman–Crippen LogP) is 3.78. The summed E-state index contributed by atoms with van der Waals surface area (Å²) >= 11 is 1.81. The number of aryl methyl sites for hydroxylation is 2. The second kappa shape index (κ2) is 11.3. The van der Waals surface area contributed by atoms with Crippen LogP contribution in [0.15, 0.2) is 35.5 Å². The molecule has 0 radical (unpaired) electrons. The number of benzene rings is 1. The Balaban J connectivity index is 1.45. The van der Waals surface area contributed by atoms with Gasteiger partial charge in [-0.3, -0.25) is 9.89 Å². The second-order valence-corrected chi connectivity index (χ2v) is 8.91. The van der Waals surface area contributed by atoms with E-state index in [1.807, 2.05) is 17.5 Å². The maximum Gasteiger partial charge on any atom is 0.191 e. The molecule has 0 bridgehead atoms. The van der Waals surface area contributed by atoms with E-state index in [2.05, 4.69) is 65.6 Å². The van der Waals surface area contributed by atoms with Crippen LogP contribution in [-0.2, 0) is 19.4 Å². The third-order valence-corrected chi connectivity index (χ3v) is 6.67. The number of rotatable bonds is 8. The molecule has 0 aliphatic carbocycles. The minimum atomic E-state index is 0.493. The van der Waals surface area contributed by atoms with Crippen LogP contribution in [0.2, 0.25) is 0 Å². The van der Waals surface area contributed by atoms with Crippen molar-refractivity contribution in [3.63, 3.8) is 0 Å². The van der Waals surface area contributed by atoms with Gasteiger partial charge in [0.15, 0.2) is 5.96 Å². The van der Waals surface area contributed by atoms with Crippen LogP contribution < -0.4 is 10.6 Å². The fourth-order valence-corrected chi connectivity index (χ4v) is 4.52. The van der Waals surface area contributed by atoms with Crippen molar-refractivity contribution in [3.8, 4) is 0 Å². The maximum atomic E-state index is 4.78. The van der Waals surface area contributed by atoms with Gasteiger partial charge in [0.1, 0.15) is 0 Å². The summed E-state index contributed by atoms with van der Waals surface area (Å²) in [5.41, 5.74) is 2.84. The van der Waals surface area contributed by atoms with Crippen LogP contribution in [0.1, 0.15) is 47.7 Å². The number of aliphatic imine (C=N–C) groups is 1. The number of nitrogens with one attached hydrogen (secondary N) is 2. The molecule has 158 valence electrons. The van der Waals surface area contributed by atoms with E-state index in [9.17, 15) is 0 Å². The lowest BCUT2D eigenvalue weighted by molar-refractivity contribution is 0.198. The highest BCUT2D eigenvalue weighted by molar-refractivity contribution is 7.11. The average molecular weight is 414 g/mol. The predicted molar refractivity (Wildman–Crippen MR) is 124 cm³/mol. The summed E-state index contributed by atoms with van der Waals surface area (Å²) < 4.78 is 0. The van der Waals surface area contributed by atoms with E-state index in [0.717, 1.165) is 64.4 Å². The fourth-order valence-electron chi connectivity index (χ4n) is 3.67. The van der Waals surface area contributed by atoms with E-state index in [1.54, 1.807) is 0 Å². The highest BCUT2D eigenvalue weighted by Gasteiger charge is 2.20. The van der Waals surface area contributed by atoms with Gasteiger partial charge in [0.05, 0.1) is 5.01 Å². The van der Waals surface area contributed by atoms with Crippen molar-refractivity contribution in [2.24, 2.45) is 4.99 Å². The Bertz CT molecular complexity index is 777. The van der Waals surface area contributed by atoms with Crippen molar-refractivity contribution in [3.05, 3.63) is 51.5 Å². The number of piperidine rings is 1. The smallest absolute Gasteiger partial charge is 0.191 e. The second-order valence-electron chi connectivity index (χ2n) is 7.71. The minimum absolute atomic E-state index is 0.493. The van der Waals surface area contributed by atoms with Gasteiger partial charge in [-0.25, -0.2) is 4.98 Å². The summed E-state index contributed by atoms with van der Waals surface area (Å²) in [5, 5.41) is 8.24. The summed E-state index contributed by atoms with van der Waals surface area (Å²) in [4.78, 5) is 13.2. The van der Waals surface area contributed by atoms with Crippen LogP contribution in [0.25, 0.3) is 0 Å². The van der Waals surface area contributed by atoms with Crippen LogP contribution >= 0.6 is 11.3 Å². The number of hydrogen-bond donors (Lipinski definition) is 2. The molecule has 1 fully saturated rings. The molecule has 2 N–H and O–H groups in total. The van der Waals surface area contributed by atoms with E-state index < -0.39 is 0 Å². The van der Waals surface area contributed by atoms with Crippen molar-refractivity contribution >= 4 is 17.3 Å². The van der Waals surface area contributed by atoms with Gasteiger partial charge in [-0.1, -0.05) is 31.2 Å². The number of aromatic nitrogens is 1. The molecule has 1 aliphatic heterocycles. The average Bonchev–Trinajstić information content (AvgIpc) is 3.19. The Hall–Kier alpha value is -1.92. The lowest BCUT2D eigenvalue weighted by atomic mass is 10.0. The first-order valence-electron chi connectivity index (χ1n) is 10.9. The van der Waals surface area contributed by atoms with Crippen molar-refractivity contribution in [2.45, 2.75) is 59.0 Å². The van der Waals surface area contributed by atoms with E-state index in [-0.39, 0.29) is 0 Å². The van der Waals surface area contributed by atoms with Gasteiger partial charge < -0.3 is 10.6 Å². The number of likely N-dealkylation sites (tertiary alicyclic amines) is 1. The van der Waals surface area contributed by atoms with Crippen LogP contribution in [-0.4, -0.2) is 48.1 Å². The Labute approximate surface area is 179 Å². The van der Waals surface area contributed by atoms with Crippen LogP contribution in [0.3, 0.4) is 0 Å². The van der Waals surface area contributed by atoms with E-state index in [1.165, 1.54) is 21.0 Å². The van der Waals surface area contributed by atoms with Crippen molar-refractivity contribution in [1.82, 2.24) is 20.5 Å². The first kappa shape index (κ1) is 21.8. The number of thiazole rings is 1. The molecule has 1 saturated heterocycles. The molecule has 2 heterocycles. The number of guanidine groups is 1. The fraction of sp³-hybridized carbons (Fsp3) is 0.565. The van der Waals surface area contributed by atoms with Gasteiger partial charge in [0, 0.05) is 56.3 Å². The lowest BCUT2D eigenvalue weighted by Crippen LogP contribution is -2.48. The van der Waals surface area contributed by atoms with E-state index in [4.69, 9.17) is 4.99 Å². The SMILES string of the molecule is CCNC(=NCCc1ncc(CC)s1)NC1CCN(Cc2ccccc2C)CC1. The number of hydrogen-bond acceptors (Lipinski definition) is 4. The van der Waals surface area contributed by atoms with E-state index in [0.29, 0.717) is 6.04 Å². The molecule has 0 unspecified atom stereocenters. The zero-order valence-electron chi connectivity index (χ0n) is 18.1. The Morgan fingerprint density at radius 1 is 1.24 bits per heavy atom. The molecule has 6 heteroatoms. The third kappa shape index (κ3) is 6.82. The number of nitrogens with zero attached hydrogens (tertiary/aromatic N) is 3. The summed E-state index contributed by atoms with van der Waals surface area (Å²) in [7, 11) is 0. The van der Waals surface area contributed by atoms with E-state index >= 15 is 0 Å².